The normalized spacial score (nSPS) is 10.0. The molecule has 0 bridgehead atoms. The molecule has 2 aromatic heterocycles. The van der Waals surface area contributed by atoms with Crippen LogP contribution in [0.2, 0.25) is 0 Å². The first-order chi connectivity index (χ1) is 8.83. The third kappa shape index (κ3) is 2.55. The van der Waals surface area contributed by atoms with Gasteiger partial charge in [0.05, 0.1) is 0 Å². The van der Waals surface area contributed by atoms with Gasteiger partial charge < -0.3 is 0 Å². The Morgan fingerprint density at radius 2 is 2.33 bits per heavy atom. The summed E-state index contributed by atoms with van der Waals surface area (Å²) in [6.07, 6.45) is 8.95. The van der Waals surface area contributed by atoms with Crippen molar-refractivity contribution < 1.29 is 4.79 Å². The molecule has 0 aliphatic carbocycles. The Labute approximate surface area is 103 Å². The van der Waals surface area contributed by atoms with Crippen molar-refractivity contribution in [1.82, 2.24) is 19.1 Å². The van der Waals surface area contributed by atoms with Crippen molar-refractivity contribution in [1.29, 1.82) is 0 Å². The maximum atomic E-state index is 12.0. The zero-order valence-corrected chi connectivity index (χ0v) is 9.55. The van der Waals surface area contributed by atoms with Crippen LogP contribution in [0.1, 0.15) is 12.2 Å². The van der Waals surface area contributed by atoms with Gasteiger partial charge in [0.25, 0.3) is 0 Å². The first-order valence-electron chi connectivity index (χ1n) is 5.38. The number of carbonyl (C=O) groups is 1. The molecule has 8 nitrogen and oxygen atoms in total. The van der Waals surface area contributed by atoms with Crippen molar-refractivity contribution in [2.75, 3.05) is 6.54 Å². The van der Waals surface area contributed by atoms with Crippen LogP contribution in [0.3, 0.4) is 0 Å². The number of nitrogens with zero attached hydrogens (tertiary/aromatic N) is 7. The van der Waals surface area contributed by atoms with Crippen molar-refractivity contribution in [3.05, 3.63) is 47.4 Å². The topological polar surface area (TPSA) is 101 Å². The lowest BCUT2D eigenvalue weighted by molar-refractivity contribution is 0.243. The molecule has 0 saturated heterocycles. The minimum absolute atomic E-state index is 0.233. The maximum absolute atomic E-state index is 12.0. The zero-order chi connectivity index (χ0) is 12.8. The average molecular weight is 245 g/mol. The highest BCUT2D eigenvalue weighted by atomic mass is 16.2. The summed E-state index contributed by atoms with van der Waals surface area (Å²) in [5.41, 5.74) is 8.16. The van der Waals surface area contributed by atoms with Gasteiger partial charge in [-0.25, -0.2) is 14.8 Å². The van der Waals surface area contributed by atoms with Crippen LogP contribution >= 0.6 is 0 Å². The first kappa shape index (κ1) is 11.9. The Bertz CT molecular complexity index is 565. The van der Waals surface area contributed by atoms with E-state index >= 15 is 0 Å². The fourth-order valence-corrected chi connectivity index (χ4v) is 1.54. The molecular weight excluding hydrogens is 234 g/mol. The molecule has 0 unspecified atom stereocenters. The summed E-state index contributed by atoms with van der Waals surface area (Å²) < 4.78 is 2.83. The number of azide groups is 1. The SMILES string of the molecule is [N-]=[N+]=NCCCc1nccn1C(=O)n1ccnc1. The molecular formula is C10H11N7O. The van der Waals surface area contributed by atoms with E-state index in [9.17, 15) is 4.79 Å². The van der Waals surface area contributed by atoms with Crippen LogP contribution in [0.25, 0.3) is 10.4 Å². The molecule has 0 aliphatic heterocycles. The van der Waals surface area contributed by atoms with E-state index in [0.717, 1.165) is 0 Å². The molecule has 2 aromatic rings. The lowest BCUT2D eigenvalue weighted by Crippen LogP contribution is -2.19. The lowest BCUT2D eigenvalue weighted by Gasteiger charge is -2.05. The minimum atomic E-state index is -0.233. The van der Waals surface area contributed by atoms with E-state index in [1.54, 1.807) is 18.6 Å². The van der Waals surface area contributed by atoms with Gasteiger partial charge in [0.1, 0.15) is 12.2 Å². The molecule has 0 fully saturated rings. The quantitative estimate of drug-likeness (QED) is 0.355. The standard InChI is InChI=1S/C10H11N7O/c11-15-14-3-1-2-9-13-5-7-17(9)10(18)16-6-4-12-8-16/h4-8H,1-3H2. The highest BCUT2D eigenvalue weighted by Gasteiger charge is 2.11. The summed E-state index contributed by atoms with van der Waals surface area (Å²) in [5.74, 6) is 0.641. The monoisotopic (exact) mass is 245 g/mol. The van der Waals surface area contributed by atoms with Crippen LogP contribution in [0.4, 0.5) is 4.79 Å². The molecule has 92 valence electrons. The molecule has 0 saturated carbocycles. The Kier molecular flexibility index (Phi) is 3.72. The van der Waals surface area contributed by atoms with Gasteiger partial charge in [0, 0.05) is 42.7 Å². The Balaban J connectivity index is 2.08. The van der Waals surface area contributed by atoms with Gasteiger partial charge in [-0.05, 0) is 12.0 Å². The fourth-order valence-electron chi connectivity index (χ4n) is 1.54. The zero-order valence-electron chi connectivity index (χ0n) is 9.55. The number of aryl methyl sites for hydroxylation is 1. The highest BCUT2D eigenvalue weighted by molar-refractivity contribution is 5.79. The molecule has 0 spiro atoms. The van der Waals surface area contributed by atoms with E-state index in [1.165, 1.54) is 21.7 Å². The molecule has 2 rings (SSSR count). The van der Waals surface area contributed by atoms with Crippen LogP contribution in [0.15, 0.2) is 36.2 Å². The highest BCUT2D eigenvalue weighted by Crippen LogP contribution is 2.03. The number of imidazole rings is 2. The summed E-state index contributed by atoms with van der Waals surface area (Å²) in [4.78, 5) is 22.7. The lowest BCUT2D eigenvalue weighted by atomic mass is 10.3. The predicted octanol–water partition coefficient (Wildman–Crippen LogP) is 1.84. The summed E-state index contributed by atoms with van der Waals surface area (Å²) >= 11 is 0. The molecule has 8 heteroatoms. The summed E-state index contributed by atoms with van der Waals surface area (Å²) in [6.45, 7) is 0.391. The van der Waals surface area contributed by atoms with Gasteiger partial charge in [0.2, 0.25) is 0 Å². The van der Waals surface area contributed by atoms with E-state index < -0.39 is 0 Å². The molecule has 18 heavy (non-hydrogen) atoms. The molecule has 0 N–H and O–H groups in total. The second-order valence-corrected chi connectivity index (χ2v) is 3.52. The van der Waals surface area contributed by atoms with Gasteiger partial charge in [-0.3, -0.25) is 9.13 Å². The summed E-state index contributed by atoms with van der Waals surface area (Å²) in [7, 11) is 0. The molecule has 2 heterocycles. The predicted molar refractivity (Wildman–Crippen MR) is 63.0 cm³/mol. The van der Waals surface area contributed by atoms with Crippen molar-refractivity contribution >= 4 is 6.03 Å². The van der Waals surface area contributed by atoms with Gasteiger partial charge in [0.15, 0.2) is 0 Å². The number of rotatable bonds is 4. The molecule has 0 aromatic carbocycles. The van der Waals surface area contributed by atoms with Gasteiger partial charge in [-0.1, -0.05) is 5.11 Å². The number of carbonyl (C=O) groups excluding carboxylic acids is 1. The van der Waals surface area contributed by atoms with E-state index in [0.29, 0.717) is 25.2 Å². The third-order valence-corrected chi connectivity index (χ3v) is 2.37. The second-order valence-electron chi connectivity index (χ2n) is 3.52. The largest absolute Gasteiger partial charge is 0.339 e. The van der Waals surface area contributed by atoms with Crippen molar-refractivity contribution in [2.45, 2.75) is 12.8 Å². The van der Waals surface area contributed by atoms with Crippen molar-refractivity contribution in [3.63, 3.8) is 0 Å². The van der Waals surface area contributed by atoms with Crippen LogP contribution in [0.5, 0.6) is 0 Å². The summed E-state index contributed by atoms with van der Waals surface area (Å²) in [5, 5.41) is 3.44. The van der Waals surface area contributed by atoms with Crippen molar-refractivity contribution in [2.24, 2.45) is 5.11 Å². The second kappa shape index (κ2) is 5.65. The van der Waals surface area contributed by atoms with Crippen molar-refractivity contribution in [3.8, 4) is 0 Å². The third-order valence-electron chi connectivity index (χ3n) is 2.37. The van der Waals surface area contributed by atoms with Gasteiger partial charge in [-0.15, -0.1) is 0 Å². The van der Waals surface area contributed by atoms with Crippen LogP contribution in [-0.2, 0) is 6.42 Å². The van der Waals surface area contributed by atoms with Gasteiger partial charge in [-0.2, -0.15) is 0 Å². The van der Waals surface area contributed by atoms with Crippen LogP contribution in [-0.4, -0.2) is 31.7 Å². The molecule has 0 amide bonds. The van der Waals surface area contributed by atoms with Crippen LogP contribution in [0, 0.1) is 0 Å². The molecule has 0 atom stereocenters. The fraction of sp³-hybridized carbons (Fsp3) is 0.300. The molecule has 0 aliphatic rings. The Hall–Kier alpha value is -2.60. The smallest absolute Gasteiger partial charge is 0.257 e. The van der Waals surface area contributed by atoms with Gasteiger partial charge >= 0.3 is 6.03 Å². The number of hydrogen-bond donors (Lipinski definition) is 0. The number of aromatic nitrogens is 4. The van der Waals surface area contributed by atoms with E-state index in [-0.39, 0.29) is 6.03 Å². The van der Waals surface area contributed by atoms with E-state index in [4.69, 9.17) is 5.53 Å². The van der Waals surface area contributed by atoms with E-state index in [1.807, 2.05) is 0 Å². The summed E-state index contributed by atoms with van der Waals surface area (Å²) in [6, 6.07) is -0.233. The average Bonchev–Trinajstić information content (AvgIpc) is 3.04. The molecule has 0 radical (unpaired) electrons. The van der Waals surface area contributed by atoms with Crippen LogP contribution < -0.4 is 0 Å². The Morgan fingerprint density at radius 3 is 3.06 bits per heavy atom. The first-order valence-corrected chi connectivity index (χ1v) is 5.38. The minimum Gasteiger partial charge on any atom is -0.257 e. The Morgan fingerprint density at radius 1 is 1.44 bits per heavy atom. The number of hydrogen-bond acceptors (Lipinski definition) is 4. The maximum Gasteiger partial charge on any atom is 0.339 e. The van der Waals surface area contributed by atoms with E-state index in [2.05, 4.69) is 20.0 Å².